The number of aliphatic hydroxyl groups is 1. The highest BCUT2D eigenvalue weighted by molar-refractivity contribution is 5.31. The van der Waals surface area contributed by atoms with Crippen LogP contribution in [0.15, 0.2) is 24.3 Å². The van der Waals surface area contributed by atoms with Gasteiger partial charge in [-0.3, -0.25) is 4.90 Å². The largest absolute Gasteiger partial charge is 0.491 e. The van der Waals surface area contributed by atoms with Gasteiger partial charge in [0.05, 0.1) is 13.2 Å². The lowest BCUT2D eigenvalue weighted by Gasteiger charge is -2.37. The molecule has 2 heterocycles. The predicted octanol–water partition coefficient (Wildman–Crippen LogP) is 1.78. The number of para-hydroxylation sites is 1. The van der Waals surface area contributed by atoms with Crippen LogP contribution in [0.1, 0.15) is 18.4 Å². The highest BCUT2D eigenvalue weighted by atomic mass is 16.5. The maximum absolute atomic E-state index is 10.4. The number of hydrogen-bond acceptors (Lipinski definition) is 5. The minimum atomic E-state index is -0.443. The van der Waals surface area contributed by atoms with Gasteiger partial charge in [-0.05, 0) is 43.9 Å². The van der Waals surface area contributed by atoms with Gasteiger partial charge in [0.2, 0.25) is 0 Å². The lowest BCUT2D eigenvalue weighted by molar-refractivity contribution is 0.0153. The molecule has 5 nitrogen and oxygen atoms in total. The smallest absolute Gasteiger partial charge is 0.122 e. The lowest BCUT2D eigenvalue weighted by Crippen LogP contribution is -2.46. The summed E-state index contributed by atoms with van der Waals surface area (Å²) < 4.78 is 11.2. The molecule has 2 saturated heterocycles. The standard InChI is InChI=1S/C20H32N2O3/c1-17-5-2-3-7-20(17)25-16-19(23)15-22-8-4-6-18(14-22)13-21-9-11-24-12-10-21/h2-3,5,7,18-19,23H,4,6,8-16H2,1H3. The Morgan fingerprint density at radius 2 is 2.00 bits per heavy atom. The van der Waals surface area contributed by atoms with Crippen LogP contribution in [0.4, 0.5) is 0 Å². The quantitative estimate of drug-likeness (QED) is 0.814. The molecular formula is C20H32N2O3. The van der Waals surface area contributed by atoms with E-state index in [1.807, 2.05) is 31.2 Å². The molecule has 1 aromatic rings. The van der Waals surface area contributed by atoms with Crippen molar-refractivity contribution in [3.05, 3.63) is 29.8 Å². The topological polar surface area (TPSA) is 45.2 Å². The van der Waals surface area contributed by atoms with E-state index in [1.165, 1.54) is 12.8 Å². The van der Waals surface area contributed by atoms with E-state index in [2.05, 4.69) is 9.80 Å². The molecule has 5 heteroatoms. The Bertz CT molecular complexity index is 519. The number of β-amino-alcohol motifs (C(OH)–C–C–N with tert-alkyl or cyclic N) is 1. The van der Waals surface area contributed by atoms with Crippen molar-refractivity contribution in [2.24, 2.45) is 5.92 Å². The van der Waals surface area contributed by atoms with Gasteiger partial charge in [0, 0.05) is 32.7 Å². The summed E-state index contributed by atoms with van der Waals surface area (Å²) >= 11 is 0. The van der Waals surface area contributed by atoms with Gasteiger partial charge in [-0.2, -0.15) is 0 Å². The fraction of sp³-hybridized carbons (Fsp3) is 0.700. The monoisotopic (exact) mass is 348 g/mol. The van der Waals surface area contributed by atoms with Crippen LogP contribution in [0.2, 0.25) is 0 Å². The Labute approximate surface area is 151 Å². The molecule has 2 aliphatic heterocycles. The van der Waals surface area contributed by atoms with Crippen molar-refractivity contribution in [1.82, 2.24) is 9.80 Å². The van der Waals surface area contributed by atoms with Crippen LogP contribution in [0.5, 0.6) is 5.75 Å². The van der Waals surface area contributed by atoms with Crippen molar-refractivity contribution in [3.8, 4) is 5.75 Å². The summed E-state index contributed by atoms with van der Waals surface area (Å²) in [5.74, 6) is 1.57. The molecule has 2 unspecified atom stereocenters. The molecule has 1 N–H and O–H groups in total. The highest BCUT2D eigenvalue weighted by Crippen LogP contribution is 2.19. The molecule has 0 bridgehead atoms. The molecule has 0 aliphatic carbocycles. The van der Waals surface area contributed by atoms with Crippen molar-refractivity contribution in [2.45, 2.75) is 25.9 Å². The first-order valence-electron chi connectivity index (χ1n) is 9.59. The third kappa shape index (κ3) is 5.96. The van der Waals surface area contributed by atoms with Crippen molar-refractivity contribution in [3.63, 3.8) is 0 Å². The molecule has 25 heavy (non-hydrogen) atoms. The minimum Gasteiger partial charge on any atom is -0.491 e. The second kappa shape index (κ2) is 9.53. The first kappa shape index (κ1) is 18.6. The van der Waals surface area contributed by atoms with E-state index in [1.54, 1.807) is 0 Å². The fourth-order valence-electron chi connectivity index (χ4n) is 3.87. The van der Waals surface area contributed by atoms with Crippen molar-refractivity contribution >= 4 is 0 Å². The number of morpholine rings is 1. The summed E-state index contributed by atoms with van der Waals surface area (Å²) in [6.45, 7) is 10.3. The maximum Gasteiger partial charge on any atom is 0.122 e. The van der Waals surface area contributed by atoms with Crippen LogP contribution in [-0.4, -0.2) is 80.1 Å². The summed E-state index contributed by atoms with van der Waals surface area (Å²) in [6.07, 6.45) is 2.08. The summed E-state index contributed by atoms with van der Waals surface area (Å²) in [7, 11) is 0. The molecule has 0 radical (unpaired) electrons. The van der Waals surface area contributed by atoms with Gasteiger partial charge in [-0.15, -0.1) is 0 Å². The molecule has 0 amide bonds. The van der Waals surface area contributed by atoms with E-state index in [-0.39, 0.29) is 0 Å². The van der Waals surface area contributed by atoms with E-state index in [4.69, 9.17) is 9.47 Å². The minimum absolute atomic E-state index is 0.357. The second-order valence-corrected chi connectivity index (χ2v) is 7.41. The van der Waals surface area contributed by atoms with Crippen LogP contribution >= 0.6 is 0 Å². The van der Waals surface area contributed by atoms with Crippen molar-refractivity contribution in [2.75, 3.05) is 59.1 Å². The molecule has 2 aliphatic rings. The zero-order chi connectivity index (χ0) is 17.5. The Balaban J connectivity index is 1.40. The van der Waals surface area contributed by atoms with E-state index < -0.39 is 6.10 Å². The van der Waals surface area contributed by atoms with E-state index in [9.17, 15) is 5.11 Å². The van der Waals surface area contributed by atoms with Gasteiger partial charge >= 0.3 is 0 Å². The zero-order valence-corrected chi connectivity index (χ0v) is 15.4. The normalized spacial score (nSPS) is 24.2. The third-order valence-corrected chi connectivity index (χ3v) is 5.22. The Morgan fingerprint density at radius 3 is 2.80 bits per heavy atom. The van der Waals surface area contributed by atoms with Crippen molar-refractivity contribution < 1.29 is 14.6 Å². The second-order valence-electron chi connectivity index (χ2n) is 7.41. The third-order valence-electron chi connectivity index (χ3n) is 5.22. The van der Waals surface area contributed by atoms with E-state index in [0.29, 0.717) is 19.1 Å². The number of likely N-dealkylation sites (tertiary alicyclic amines) is 1. The molecule has 140 valence electrons. The Morgan fingerprint density at radius 1 is 1.20 bits per heavy atom. The molecule has 3 rings (SSSR count). The molecule has 2 fully saturated rings. The molecular weight excluding hydrogens is 316 g/mol. The number of nitrogens with zero attached hydrogens (tertiary/aromatic N) is 2. The Hall–Kier alpha value is -1.14. The summed E-state index contributed by atoms with van der Waals surface area (Å²) in [6, 6.07) is 7.96. The fourth-order valence-corrected chi connectivity index (χ4v) is 3.87. The van der Waals surface area contributed by atoms with Crippen LogP contribution in [0.25, 0.3) is 0 Å². The highest BCUT2D eigenvalue weighted by Gasteiger charge is 2.24. The van der Waals surface area contributed by atoms with Crippen LogP contribution in [0, 0.1) is 12.8 Å². The van der Waals surface area contributed by atoms with Crippen LogP contribution < -0.4 is 4.74 Å². The van der Waals surface area contributed by atoms with Crippen molar-refractivity contribution in [1.29, 1.82) is 0 Å². The van der Waals surface area contributed by atoms with Gasteiger partial charge < -0.3 is 19.5 Å². The number of benzene rings is 1. The summed E-state index contributed by atoms with van der Waals surface area (Å²) in [5.41, 5.74) is 1.11. The van der Waals surface area contributed by atoms with Gasteiger partial charge in [-0.25, -0.2) is 0 Å². The number of aliphatic hydroxyl groups excluding tert-OH is 1. The average molecular weight is 348 g/mol. The van der Waals surface area contributed by atoms with Gasteiger partial charge in [0.15, 0.2) is 0 Å². The van der Waals surface area contributed by atoms with E-state index in [0.717, 1.165) is 57.3 Å². The number of aryl methyl sites for hydroxylation is 1. The van der Waals surface area contributed by atoms with Gasteiger partial charge in [-0.1, -0.05) is 18.2 Å². The van der Waals surface area contributed by atoms with Crippen LogP contribution in [0.3, 0.4) is 0 Å². The number of piperidine rings is 1. The molecule has 2 atom stereocenters. The van der Waals surface area contributed by atoms with E-state index >= 15 is 0 Å². The maximum atomic E-state index is 10.4. The average Bonchev–Trinajstić information content (AvgIpc) is 2.62. The summed E-state index contributed by atoms with van der Waals surface area (Å²) in [5, 5.41) is 10.4. The van der Waals surface area contributed by atoms with Crippen LogP contribution in [-0.2, 0) is 4.74 Å². The number of ether oxygens (including phenoxy) is 2. The zero-order valence-electron chi connectivity index (χ0n) is 15.4. The molecule has 1 aromatic carbocycles. The number of rotatable bonds is 7. The first-order valence-corrected chi connectivity index (χ1v) is 9.59. The Kier molecular flexibility index (Phi) is 7.11. The molecule has 0 saturated carbocycles. The molecule has 0 spiro atoms. The summed E-state index contributed by atoms with van der Waals surface area (Å²) in [4.78, 5) is 4.93. The lowest BCUT2D eigenvalue weighted by atomic mass is 9.97. The first-order chi connectivity index (χ1) is 12.2. The predicted molar refractivity (Wildman–Crippen MR) is 99.1 cm³/mol. The number of hydrogen-bond donors (Lipinski definition) is 1. The van der Waals surface area contributed by atoms with Gasteiger partial charge in [0.1, 0.15) is 18.5 Å². The molecule has 0 aromatic heterocycles. The SMILES string of the molecule is Cc1ccccc1OCC(O)CN1CCCC(CN2CCOCC2)C1. The van der Waals surface area contributed by atoms with Gasteiger partial charge in [0.25, 0.3) is 0 Å².